The summed E-state index contributed by atoms with van der Waals surface area (Å²) >= 11 is 0. The minimum Gasteiger partial charge on any atom is -0.319 e. The third kappa shape index (κ3) is 1.43. The van der Waals surface area contributed by atoms with E-state index < -0.39 is 0 Å². The Kier molecular flexibility index (Phi) is 2.32. The molecule has 1 fully saturated rings. The maximum Gasteiger partial charge on any atom is 0.223 e. The van der Waals surface area contributed by atoms with E-state index in [4.69, 9.17) is 5.73 Å². The second-order valence-electron chi connectivity index (χ2n) is 4.05. The topological polar surface area (TPSA) is 33.1 Å². The fraction of sp³-hybridized carbons (Fsp3) is 0.545. The first-order valence-corrected chi connectivity index (χ1v) is 5.21. The van der Waals surface area contributed by atoms with E-state index in [1.165, 1.54) is 18.7 Å². The van der Waals surface area contributed by atoms with E-state index in [1.807, 2.05) is 19.2 Å². The molecule has 0 amide bonds. The van der Waals surface area contributed by atoms with Crippen molar-refractivity contribution in [2.75, 3.05) is 17.2 Å². The zero-order valence-electron chi connectivity index (χ0n) is 8.90. The summed E-state index contributed by atoms with van der Waals surface area (Å²) in [5.74, 6) is 2.05. The standard InChI is InChI=1S/C11H17N3/c1-9-5-4-8-14(9)11-7-3-6-10(12)13(11)2/h3,6-7,9,12H,4-5,8H2,1-2H3/p+1. The monoisotopic (exact) mass is 192 g/mol. The quantitative estimate of drug-likeness (QED) is 0.675. The van der Waals surface area contributed by atoms with Crippen LogP contribution in [0.25, 0.3) is 0 Å². The lowest BCUT2D eigenvalue weighted by molar-refractivity contribution is -0.644. The summed E-state index contributed by atoms with van der Waals surface area (Å²) in [4.78, 5) is 2.43. The van der Waals surface area contributed by atoms with Crippen molar-refractivity contribution in [2.24, 2.45) is 7.05 Å². The number of nitrogens with zero attached hydrogens (tertiary/aromatic N) is 2. The molecule has 3 heteroatoms. The summed E-state index contributed by atoms with van der Waals surface area (Å²) in [5.41, 5.74) is 5.87. The highest BCUT2D eigenvalue weighted by Crippen LogP contribution is 2.22. The minimum absolute atomic E-state index is 0.642. The van der Waals surface area contributed by atoms with Gasteiger partial charge in [-0.3, -0.25) is 4.90 Å². The van der Waals surface area contributed by atoms with Gasteiger partial charge in [0.1, 0.15) is 0 Å². The number of aromatic nitrogens is 1. The molecule has 1 aromatic heterocycles. The Labute approximate surface area is 85.1 Å². The van der Waals surface area contributed by atoms with Crippen LogP contribution in [0.2, 0.25) is 0 Å². The normalized spacial score (nSPS) is 21.6. The lowest BCUT2D eigenvalue weighted by atomic mass is 10.2. The first-order chi connectivity index (χ1) is 6.70. The van der Waals surface area contributed by atoms with Crippen LogP contribution < -0.4 is 15.2 Å². The molecule has 1 aliphatic heterocycles. The number of hydrogen-bond donors (Lipinski definition) is 1. The third-order valence-electron chi connectivity index (χ3n) is 3.09. The zero-order valence-corrected chi connectivity index (χ0v) is 8.90. The predicted octanol–water partition coefficient (Wildman–Crippen LogP) is 1.08. The first-order valence-electron chi connectivity index (χ1n) is 5.21. The molecule has 1 unspecified atom stereocenters. The highest BCUT2D eigenvalue weighted by Gasteiger charge is 2.27. The van der Waals surface area contributed by atoms with E-state index in [0.717, 1.165) is 12.4 Å². The van der Waals surface area contributed by atoms with Crippen LogP contribution >= 0.6 is 0 Å². The van der Waals surface area contributed by atoms with Gasteiger partial charge in [0.2, 0.25) is 11.6 Å². The summed E-state index contributed by atoms with van der Waals surface area (Å²) in [7, 11) is 2.02. The largest absolute Gasteiger partial charge is 0.319 e. The molecule has 2 heterocycles. The zero-order chi connectivity index (χ0) is 10.1. The highest BCUT2D eigenvalue weighted by atomic mass is 15.3. The van der Waals surface area contributed by atoms with Crippen LogP contribution in [0.1, 0.15) is 19.8 Å². The highest BCUT2D eigenvalue weighted by molar-refractivity contribution is 5.39. The van der Waals surface area contributed by atoms with E-state index in [9.17, 15) is 0 Å². The SMILES string of the molecule is CC1CCCN1c1cccc(N)[n+]1C. The fourth-order valence-electron chi connectivity index (χ4n) is 2.15. The van der Waals surface area contributed by atoms with E-state index in [0.29, 0.717) is 6.04 Å². The molecular weight excluding hydrogens is 174 g/mol. The Bertz CT molecular complexity index is 335. The van der Waals surface area contributed by atoms with Gasteiger partial charge in [-0.25, -0.2) is 4.57 Å². The first kappa shape index (κ1) is 9.31. The van der Waals surface area contributed by atoms with Gasteiger partial charge in [0.25, 0.3) is 0 Å². The summed E-state index contributed by atoms with van der Waals surface area (Å²) in [5, 5.41) is 0. The Hall–Kier alpha value is -1.25. The van der Waals surface area contributed by atoms with Gasteiger partial charge in [-0.05, 0) is 25.8 Å². The van der Waals surface area contributed by atoms with Gasteiger partial charge in [0.15, 0.2) is 0 Å². The van der Waals surface area contributed by atoms with Crippen molar-refractivity contribution in [2.45, 2.75) is 25.8 Å². The Morgan fingerprint density at radius 3 is 2.93 bits per heavy atom. The van der Waals surface area contributed by atoms with E-state index in [1.54, 1.807) is 0 Å². The fourth-order valence-corrected chi connectivity index (χ4v) is 2.15. The Morgan fingerprint density at radius 1 is 1.50 bits per heavy atom. The minimum atomic E-state index is 0.642. The van der Waals surface area contributed by atoms with Gasteiger partial charge >= 0.3 is 0 Å². The second kappa shape index (κ2) is 3.48. The third-order valence-corrected chi connectivity index (χ3v) is 3.09. The molecule has 0 bridgehead atoms. The van der Waals surface area contributed by atoms with Gasteiger partial charge in [0.05, 0.1) is 19.6 Å². The van der Waals surface area contributed by atoms with Crippen LogP contribution in [0, 0.1) is 0 Å². The number of pyridine rings is 1. The molecule has 1 atom stereocenters. The van der Waals surface area contributed by atoms with Crippen LogP contribution in [0.4, 0.5) is 11.6 Å². The average Bonchev–Trinajstić information content (AvgIpc) is 2.57. The number of nitrogen functional groups attached to an aromatic ring is 1. The molecule has 0 aromatic carbocycles. The maximum absolute atomic E-state index is 5.87. The van der Waals surface area contributed by atoms with Crippen LogP contribution in [-0.4, -0.2) is 12.6 Å². The molecule has 1 aliphatic rings. The van der Waals surface area contributed by atoms with Crippen molar-refractivity contribution in [1.29, 1.82) is 0 Å². The molecule has 76 valence electrons. The van der Waals surface area contributed by atoms with Crippen LogP contribution in [-0.2, 0) is 7.05 Å². The molecule has 0 radical (unpaired) electrons. The molecule has 0 saturated carbocycles. The summed E-state index contributed by atoms with van der Waals surface area (Å²) in [6.07, 6.45) is 2.57. The number of anilines is 2. The number of hydrogen-bond acceptors (Lipinski definition) is 2. The smallest absolute Gasteiger partial charge is 0.223 e. The van der Waals surface area contributed by atoms with Crippen LogP contribution in [0.15, 0.2) is 18.2 Å². The van der Waals surface area contributed by atoms with Crippen molar-refractivity contribution in [3.05, 3.63) is 18.2 Å². The summed E-state index contributed by atoms with van der Waals surface area (Å²) in [6, 6.07) is 6.74. The predicted molar refractivity (Wildman–Crippen MR) is 58.1 cm³/mol. The van der Waals surface area contributed by atoms with Crippen molar-refractivity contribution >= 4 is 11.6 Å². The Morgan fingerprint density at radius 2 is 2.29 bits per heavy atom. The van der Waals surface area contributed by atoms with E-state index in [2.05, 4.69) is 22.5 Å². The lowest BCUT2D eigenvalue weighted by Crippen LogP contribution is -2.42. The van der Waals surface area contributed by atoms with Crippen molar-refractivity contribution < 1.29 is 4.57 Å². The molecule has 14 heavy (non-hydrogen) atoms. The van der Waals surface area contributed by atoms with Crippen LogP contribution in [0.5, 0.6) is 0 Å². The van der Waals surface area contributed by atoms with Crippen molar-refractivity contribution in [3.63, 3.8) is 0 Å². The van der Waals surface area contributed by atoms with Gasteiger partial charge in [-0.2, -0.15) is 0 Å². The number of rotatable bonds is 1. The molecular formula is C11H18N3+. The second-order valence-corrected chi connectivity index (χ2v) is 4.05. The van der Waals surface area contributed by atoms with Crippen molar-refractivity contribution in [1.82, 2.24) is 0 Å². The van der Waals surface area contributed by atoms with Gasteiger partial charge in [-0.15, -0.1) is 0 Å². The molecule has 1 saturated heterocycles. The van der Waals surface area contributed by atoms with Crippen LogP contribution in [0.3, 0.4) is 0 Å². The van der Waals surface area contributed by atoms with Gasteiger partial charge in [-0.1, -0.05) is 0 Å². The maximum atomic E-state index is 5.87. The molecule has 2 N–H and O–H groups in total. The summed E-state index contributed by atoms with van der Waals surface area (Å²) < 4.78 is 2.06. The number of nitrogens with two attached hydrogens (primary N) is 1. The van der Waals surface area contributed by atoms with E-state index in [-0.39, 0.29) is 0 Å². The van der Waals surface area contributed by atoms with Gasteiger partial charge in [0, 0.05) is 12.1 Å². The Balaban J connectivity index is 2.36. The lowest BCUT2D eigenvalue weighted by Gasteiger charge is -2.20. The van der Waals surface area contributed by atoms with Crippen molar-refractivity contribution in [3.8, 4) is 0 Å². The molecule has 3 nitrogen and oxygen atoms in total. The molecule has 0 spiro atoms. The molecule has 0 aliphatic carbocycles. The molecule has 2 rings (SSSR count). The average molecular weight is 192 g/mol. The van der Waals surface area contributed by atoms with Gasteiger partial charge < -0.3 is 5.73 Å². The van der Waals surface area contributed by atoms with E-state index >= 15 is 0 Å². The summed E-state index contributed by atoms with van der Waals surface area (Å²) in [6.45, 7) is 3.43. The molecule has 1 aromatic rings.